The molecule has 1 N–H and O–H groups in total. The number of amides is 1. The van der Waals surface area contributed by atoms with Crippen molar-refractivity contribution in [2.45, 2.75) is 19.4 Å². The third kappa shape index (κ3) is 7.18. The first-order valence-electron chi connectivity index (χ1n) is 9.89. The molecule has 5 nitrogen and oxygen atoms in total. The molecule has 0 spiro atoms. The number of halogens is 2. The number of hydrogen-bond donors (Lipinski definition) is 1. The van der Waals surface area contributed by atoms with Crippen LogP contribution in [0.4, 0.5) is 10.1 Å². The Balaban J connectivity index is 1.59. The van der Waals surface area contributed by atoms with Crippen molar-refractivity contribution in [3.8, 4) is 6.07 Å². The van der Waals surface area contributed by atoms with E-state index in [4.69, 9.17) is 16.9 Å². The van der Waals surface area contributed by atoms with E-state index < -0.39 is 0 Å². The van der Waals surface area contributed by atoms with E-state index in [-0.39, 0.29) is 18.1 Å². The Morgan fingerprint density at radius 3 is 2.61 bits per heavy atom. The maximum Gasteiger partial charge on any atom is 0.225 e. The number of nitrogens with zero attached hydrogens (tertiary/aromatic N) is 3. The first kappa shape index (κ1) is 22.4. The van der Waals surface area contributed by atoms with Gasteiger partial charge in [-0.3, -0.25) is 14.7 Å². The number of hydrogen-bond acceptors (Lipinski definition) is 4. The van der Waals surface area contributed by atoms with Gasteiger partial charge in [-0.15, -0.1) is 0 Å². The van der Waals surface area contributed by atoms with Crippen molar-refractivity contribution in [1.29, 1.82) is 5.26 Å². The van der Waals surface area contributed by atoms with Crippen molar-refractivity contribution < 1.29 is 9.18 Å². The van der Waals surface area contributed by atoms with E-state index in [9.17, 15) is 9.18 Å². The number of rotatable bonds is 9. The van der Waals surface area contributed by atoms with E-state index in [2.05, 4.69) is 15.2 Å². The molecular formula is C24H22ClFN4O. The molecule has 31 heavy (non-hydrogen) atoms. The number of carbonyl (C=O) groups excluding carboxylic acids is 1. The Bertz CT molecular complexity index is 1050. The third-order valence-corrected chi connectivity index (χ3v) is 5.07. The fourth-order valence-corrected chi connectivity index (χ4v) is 3.33. The zero-order valence-electron chi connectivity index (χ0n) is 16.9. The molecule has 0 saturated carbocycles. The fraction of sp³-hybridized carbons (Fsp3) is 0.208. The van der Waals surface area contributed by atoms with Crippen LogP contribution in [0, 0.1) is 17.1 Å². The molecule has 1 aromatic heterocycles. The Morgan fingerprint density at radius 2 is 1.94 bits per heavy atom. The number of carbonyl (C=O) groups is 1. The molecule has 3 rings (SSSR count). The molecule has 2 aromatic carbocycles. The number of pyridine rings is 1. The highest BCUT2D eigenvalue weighted by atomic mass is 35.5. The molecule has 0 atom stereocenters. The van der Waals surface area contributed by atoms with Gasteiger partial charge in [0.25, 0.3) is 0 Å². The average molecular weight is 437 g/mol. The van der Waals surface area contributed by atoms with Gasteiger partial charge in [0.1, 0.15) is 11.9 Å². The Hall–Kier alpha value is -3.27. The van der Waals surface area contributed by atoms with Gasteiger partial charge >= 0.3 is 0 Å². The number of nitriles is 1. The molecule has 0 saturated heterocycles. The molecule has 0 unspecified atom stereocenters. The average Bonchev–Trinajstić information content (AvgIpc) is 2.78. The Kier molecular flexibility index (Phi) is 8.11. The minimum atomic E-state index is -0.274. The molecule has 3 aromatic rings. The quantitative estimate of drug-likeness (QED) is 0.522. The summed E-state index contributed by atoms with van der Waals surface area (Å²) in [6.07, 6.45) is 2.78. The first-order chi connectivity index (χ1) is 15.0. The van der Waals surface area contributed by atoms with Gasteiger partial charge < -0.3 is 5.32 Å². The van der Waals surface area contributed by atoms with Gasteiger partial charge in [-0.2, -0.15) is 5.26 Å². The van der Waals surface area contributed by atoms with Crippen LogP contribution in [0.1, 0.15) is 23.2 Å². The normalized spacial score (nSPS) is 10.6. The second-order valence-corrected chi connectivity index (χ2v) is 7.49. The number of aromatic nitrogens is 1. The predicted octanol–water partition coefficient (Wildman–Crippen LogP) is 4.82. The zero-order valence-corrected chi connectivity index (χ0v) is 17.6. The maximum absolute atomic E-state index is 13.2. The van der Waals surface area contributed by atoms with Gasteiger partial charge in [-0.25, -0.2) is 4.39 Å². The largest absolute Gasteiger partial charge is 0.326 e. The van der Waals surface area contributed by atoms with Crippen LogP contribution in [-0.2, 0) is 17.8 Å². The lowest BCUT2D eigenvalue weighted by Gasteiger charge is -2.22. The summed E-state index contributed by atoms with van der Waals surface area (Å²) in [5.41, 5.74) is 2.86. The van der Waals surface area contributed by atoms with Crippen molar-refractivity contribution in [1.82, 2.24) is 9.88 Å². The molecular weight excluding hydrogens is 415 g/mol. The van der Waals surface area contributed by atoms with Gasteiger partial charge in [0.2, 0.25) is 5.91 Å². The summed E-state index contributed by atoms with van der Waals surface area (Å²) in [6.45, 7) is 1.84. The van der Waals surface area contributed by atoms with Crippen molar-refractivity contribution in [2.75, 3.05) is 18.4 Å². The van der Waals surface area contributed by atoms with Gasteiger partial charge in [0, 0.05) is 50.1 Å². The summed E-state index contributed by atoms with van der Waals surface area (Å²) in [5, 5.41) is 12.1. The monoisotopic (exact) mass is 436 g/mol. The minimum absolute atomic E-state index is 0.150. The Morgan fingerprint density at radius 1 is 1.13 bits per heavy atom. The van der Waals surface area contributed by atoms with Gasteiger partial charge in [0.05, 0.1) is 10.6 Å². The van der Waals surface area contributed by atoms with Gasteiger partial charge in [0.15, 0.2) is 0 Å². The SMILES string of the molecule is N#Cc1ccc(NC(=O)CCN(CCc2ccccn2)Cc2ccc(F)cc2)cc1Cl. The summed E-state index contributed by atoms with van der Waals surface area (Å²) in [7, 11) is 0. The van der Waals surface area contributed by atoms with Crippen LogP contribution in [-0.4, -0.2) is 28.9 Å². The van der Waals surface area contributed by atoms with Crippen LogP contribution in [0.2, 0.25) is 5.02 Å². The standard InChI is InChI=1S/C24H22ClFN4O/c25-23-15-22(9-6-19(23)16-27)29-24(31)11-14-30(13-10-21-3-1-2-12-28-21)17-18-4-7-20(26)8-5-18/h1-9,12,15H,10-11,13-14,17H2,(H,29,31). The summed E-state index contributed by atoms with van der Waals surface area (Å²) in [5.74, 6) is -0.424. The lowest BCUT2D eigenvalue weighted by molar-refractivity contribution is -0.116. The molecule has 1 heterocycles. The summed E-state index contributed by atoms with van der Waals surface area (Å²) < 4.78 is 13.2. The number of benzene rings is 2. The highest BCUT2D eigenvalue weighted by molar-refractivity contribution is 6.32. The van der Waals surface area contributed by atoms with Crippen LogP contribution < -0.4 is 5.32 Å². The lowest BCUT2D eigenvalue weighted by atomic mass is 10.2. The van der Waals surface area contributed by atoms with Gasteiger partial charge in [-0.05, 0) is 48.0 Å². The van der Waals surface area contributed by atoms with Gasteiger partial charge in [-0.1, -0.05) is 29.8 Å². The van der Waals surface area contributed by atoms with Crippen LogP contribution >= 0.6 is 11.6 Å². The topological polar surface area (TPSA) is 69.0 Å². The first-order valence-corrected chi connectivity index (χ1v) is 10.3. The minimum Gasteiger partial charge on any atom is -0.326 e. The van der Waals surface area contributed by atoms with E-state index >= 15 is 0 Å². The molecule has 0 aliphatic carbocycles. The summed E-state index contributed by atoms with van der Waals surface area (Å²) in [4.78, 5) is 18.9. The molecule has 0 aliphatic heterocycles. The third-order valence-electron chi connectivity index (χ3n) is 4.76. The molecule has 7 heteroatoms. The molecule has 158 valence electrons. The van der Waals surface area contributed by atoms with E-state index in [0.29, 0.717) is 35.9 Å². The van der Waals surface area contributed by atoms with Crippen LogP contribution in [0.5, 0.6) is 0 Å². The number of anilines is 1. The Labute approximate surface area is 186 Å². The van der Waals surface area contributed by atoms with Crippen LogP contribution in [0.3, 0.4) is 0 Å². The van der Waals surface area contributed by atoms with E-state index in [1.54, 1.807) is 36.5 Å². The predicted molar refractivity (Wildman–Crippen MR) is 119 cm³/mol. The smallest absolute Gasteiger partial charge is 0.225 e. The summed E-state index contributed by atoms with van der Waals surface area (Å²) >= 11 is 6.03. The number of nitrogens with one attached hydrogen (secondary N) is 1. The molecule has 0 bridgehead atoms. The van der Waals surface area contributed by atoms with E-state index in [0.717, 1.165) is 17.7 Å². The molecule has 0 fully saturated rings. The second-order valence-electron chi connectivity index (χ2n) is 7.08. The fourth-order valence-electron chi connectivity index (χ4n) is 3.10. The maximum atomic E-state index is 13.2. The van der Waals surface area contributed by atoms with E-state index in [1.807, 2.05) is 24.3 Å². The highest BCUT2D eigenvalue weighted by Crippen LogP contribution is 2.20. The highest BCUT2D eigenvalue weighted by Gasteiger charge is 2.11. The second kappa shape index (κ2) is 11.2. The molecule has 1 amide bonds. The van der Waals surface area contributed by atoms with Crippen molar-refractivity contribution >= 4 is 23.2 Å². The van der Waals surface area contributed by atoms with Crippen LogP contribution in [0.25, 0.3) is 0 Å². The zero-order chi connectivity index (χ0) is 22.1. The van der Waals surface area contributed by atoms with Crippen molar-refractivity contribution in [3.63, 3.8) is 0 Å². The van der Waals surface area contributed by atoms with Crippen molar-refractivity contribution in [3.05, 3.63) is 94.5 Å². The molecule has 0 aliphatic rings. The van der Waals surface area contributed by atoms with Crippen molar-refractivity contribution in [2.24, 2.45) is 0 Å². The summed E-state index contributed by atoms with van der Waals surface area (Å²) in [6, 6.07) is 19.0. The molecule has 0 radical (unpaired) electrons. The lowest BCUT2D eigenvalue weighted by Crippen LogP contribution is -2.29. The van der Waals surface area contributed by atoms with E-state index in [1.165, 1.54) is 12.1 Å². The van der Waals surface area contributed by atoms with Crippen LogP contribution in [0.15, 0.2) is 66.9 Å².